The van der Waals surface area contributed by atoms with Crippen molar-refractivity contribution in [3.63, 3.8) is 0 Å². The van der Waals surface area contributed by atoms with Crippen LogP contribution in [0, 0.1) is 0 Å². The van der Waals surface area contributed by atoms with Gasteiger partial charge in [0.2, 0.25) is 0 Å². The van der Waals surface area contributed by atoms with Crippen LogP contribution in [0.3, 0.4) is 0 Å². The average Bonchev–Trinajstić information content (AvgIpc) is 2.59. The van der Waals surface area contributed by atoms with E-state index < -0.39 is 11.5 Å². The Morgan fingerprint density at radius 3 is 2.74 bits per heavy atom. The van der Waals surface area contributed by atoms with E-state index in [0.29, 0.717) is 6.54 Å². The lowest BCUT2D eigenvalue weighted by molar-refractivity contribution is -0.144. The number of rotatable bonds is 4. The summed E-state index contributed by atoms with van der Waals surface area (Å²) in [6.07, 6.45) is 2.16. The Kier molecular flexibility index (Phi) is 4.22. The van der Waals surface area contributed by atoms with E-state index in [2.05, 4.69) is 34.5 Å². The van der Waals surface area contributed by atoms with E-state index in [1.54, 1.807) is 14.0 Å². The third kappa shape index (κ3) is 3.14. The predicted octanol–water partition coefficient (Wildman–Crippen LogP) is 1.50. The number of hydrogen-bond donors (Lipinski definition) is 2. The van der Waals surface area contributed by atoms with Crippen LogP contribution in [0.15, 0.2) is 24.3 Å². The third-order valence-electron chi connectivity index (χ3n) is 4.00. The zero-order valence-corrected chi connectivity index (χ0v) is 11.6. The van der Waals surface area contributed by atoms with Crippen molar-refractivity contribution in [2.24, 2.45) is 0 Å². The van der Waals surface area contributed by atoms with Gasteiger partial charge in [0.1, 0.15) is 5.54 Å². The summed E-state index contributed by atoms with van der Waals surface area (Å²) in [6.45, 7) is 4.04. The number of nitrogens with one attached hydrogen (secondary N) is 1. The van der Waals surface area contributed by atoms with E-state index in [1.807, 2.05) is 0 Å². The second kappa shape index (κ2) is 5.72. The second-order valence-corrected chi connectivity index (χ2v) is 5.47. The molecule has 104 valence electrons. The molecule has 2 N–H and O–H groups in total. The molecule has 1 aromatic carbocycles. The molecule has 1 aliphatic rings. The number of carbonyl (C=O) groups is 1. The molecule has 1 unspecified atom stereocenters. The van der Waals surface area contributed by atoms with E-state index in [-0.39, 0.29) is 0 Å². The summed E-state index contributed by atoms with van der Waals surface area (Å²) in [5.74, 6) is -0.799. The fraction of sp³-hybridized carbons (Fsp3) is 0.533. The number of aryl methyl sites for hydroxylation is 1. The molecular weight excluding hydrogens is 240 g/mol. The Morgan fingerprint density at radius 1 is 1.42 bits per heavy atom. The molecule has 1 heterocycles. The van der Waals surface area contributed by atoms with Crippen molar-refractivity contribution in [2.75, 3.05) is 20.1 Å². The molecule has 0 saturated carbocycles. The molecule has 2 rings (SSSR count). The molecule has 1 aromatic rings. The van der Waals surface area contributed by atoms with Gasteiger partial charge >= 0.3 is 5.97 Å². The number of aliphatic carboxylic acids is 1. The van der Waals surface area contributed by atoms with Gasteiger partial charge in [-0.25, -0.2) is 0 Å². The van der Waals surface area contributed by atoms with Crippen LogP contribution >= 0.6 is 0 Å². The SMILES string of the molecule is CNC(C)(CN1CCCc2ccccc2C1)C(=O)O. The second-order valence-electron chi connectivity index (χ2n) is 5.47. The van der Waals surface area contributed by atoms with Gasteiger partial charge in [0, 0.05) is 13.1 Å². The number of carboxylic acid groups (broad SMARTS) is 1. The largest absolute Gasteiger partial charge is 0.480 e. The molecule has 0 bridgehead atoms. The molecule has 0 saturated heterocycles. The highest BCUT2D eigenvalue weighted by Gasteiger charge is 2.33. The summed E-state index contributed by atoms with van der Waals surface area (Å²) in [4.78, 5) is 13.6. The Hall–Kier alpha value is -1.39. The summed E-state index contributed by atoms with van der Waals surface area (Å²) in [5.41, 5.74) is 1.83. The van der Waals surface area contributed by atoms with Gasteiger partial charge in [-0.1, -0.05) is 24.3 Å². The first-order valence-electron chi connectivity index (χ1n) is 6.76. The predicted molar refractivity (Wildman–Crippen MR) is 75.1 cm³/mol. The monoisotopic (exact) mass is 262 g/mol. The Bertz CT molecular complexity index is 461. The zero-order valence-electron chi connectivity index (χ0n) is 11.6. The maximum absolute atomic E-state index is 11.4. The van der Waals surface area contributed by atoms with Gasteiger partial charge < -0.3 is 10.4 Å². The van der Waals surface area contributed by atoms with Crippen LogP contribution in [0.2, 0.25) is 0 Å². The molecule has 0 radical (unpaired) electrons. The molecule has 0 amide bonds. The normalized spacial score (nSPS) is 19.3. The molecule has 1 aliphatic heterocycles. The van der Waals surface area contributed by atoms with Crippen molar-refractivity contribution in [3.05, 3.63) is 35.4 Å². The number of nitrogens with zero attached hydrogens (tertiary/aromatic N) is 1. The molecule has 1 atom stereocenters. The van der Waals surface area contributed by atoms with Crippen LogP contribution in [0.25, 0.3) is 0 Å². The van der Waals surface area contributed by atoms with Gasteiger partial charge in [-0.05, 0) is 44.5 Å². The summed E-state index contributed by atoms with van der Waals surface area (Å²) in [7, 11) is 1.71. The first-order chi connectivity index (χ1) is 9.05. The highest BCUT2D eigenvalue weighted by atomic mass is 16.4. The number of carboxylic acids is 1. The summed E-state index contributed by atoms with van der Waals surface area (Å²) < 4.78 is 0. The maximum Gasteiger partial charge on any atom is 0.324 e. The molecule has 4 heteroatoms. The van der Waals surface area contributed by atoms with E-state index >= 15 is 0 Å². The lowest BCUT2D eigenvalue weighted by Crippen LogP contribution is -2.55. The van der Waals surface area contributed by atoms with Crippen molar-refractivity contribution < 1.29 is 9.90 Å². The fourth-order valence-corrected chi connectivity index (χ4v) is 2.60. The average molecular weight is 262 g/mol. The van der Waals surface area contributed by atoms with Gasteiger partial charge in [0.15, 0.2) is 0 Å². The standard InChI is InChI=1S/C15H22N2O2/c1-15(16-2,14(18)19)11-17-9-5-8-12-6-3-4-7-13(12)10-17/h3-4,6-7,16H,5,8-11H2,1-2H3,(H,18,19). The summed E-state index contributed by atoms with van der Waals surface area (Å²) >= 11 is 0. The topological polar surface area (TPSA) is 52.6 Å². The summed E-state index contributed by atoms with van der Waals surface area (Å²) in [5, 5.41) is 12.3. The van der Waals surface area contributed by atoms with Crippen molar-refractivity contribution >= 4 is 5.97 Å². The maximum atomic E-state index is 11.4. The van der Waals surface area contributed by atoms with Gasteiger partial charge in [-0.2, -0.15) is 0 Å². The molecule has 0 aromatic heterocycles. The van der Waals surface area contributed by atoms with Crippen molar-refractivity contribution in [1.82, 2.24) is 10.2 Å². The number of benzene rings is 1. The van der Waals surface area contributed by atoms with Crippen LogP contribution in [0.4, 0.5) is 0 Å². The molecule has 0 fully saturated rings. The van der Waals surface area contributed by atoms with Crippen molar-refractivity contribution in [3.8, 4) is 0 Å². The van der Waals surface area contributed by atoms with E-state index in [9.17, 15) is 9.90 Å². The van der Waals surface area contributed by atoms with Crippen molar-refractivity contribution in [2.45, 2.75) is 31.8 Å². The molecular formula is C15H22N2O2. The summed E-state index contributed by atoms with van der Waals surface area (Å²) in [6, 6.07) is 8.44. The molecule has 4 nitrogen and oxygen atoms in total. The van der Waals surface area contributed by atoms with Crippen LogP contribution in [-0.4, -0.2) is 41.7 Å². The zero-order chi connectivity index (χ0) is 13.9. The van der Waals surface area contributed by atoms with Crippen LogP contribution in [0.1, 0.15) is 24.5 Å². The smallest absolute Gasteiger partial charge is 0.324 e. The van der Waals surface area contributed by atoms with Gasteiger partial charge in [-0.3, -0.25) is 9.69 Å². The first-order valence-corrected chi connectivity index (χ1v) is 6.76. The van der Waals surface area contributed by atoms with Crippen LogP contribution < -0.4 is 5.32 Å². The highest BCUT2D eigenvalue weighted by molar-refractivity contribution is 5.78. The minimum absolute atomic E-state index is 0.521. The number of hydrogen-bond acceptors (Lipinski definition) is 3. The van der Waals surface area contributed by atoms with Gasteiger partial charge in [0.25, 0.3) is 0 Å². The van der Waals surface area contributed by atoms with E-state index in [0.717, 1.165) is 25.9 Å². The van der Waals surface area contributed by atoms with Gasteiger partial charge in [0.05, 0.1) is 0 Å². The number of fused-ring (bicyclic) bond motifs is 1. The van der Waals surface area contributed by atoms with E-state index in [1.165, 1.54) is 11.1 Å². The molecule has 19 heavy (non-hydrogen) atoms. The Balaban J connectivity index is 2.13. The minimum Gasteiger partial charge on any atom is -0.480 e. The minimum atomic E-state index is -0.890. The third-order valence-corrected chi connectivity index (χ3v) is 4.00. The first kappa shape index (κ1) is 14.0. The fourth-order valence-electron chi connectivity index (χ4n) is 2.60. The highest BCUT2D eigenvalue weighted by Crippen LogP contribution is 2.20. The van der Waals surface area contributed by atoms with Crippen LogP contribution in [-0.2, 0) is 17.8 Å². The number of likely N-dealkylation sites (N-methyl/N-ethyl adjacent to an activating group) is 1. The lowest BCUT2D eigenvalue weighted by Gasteiger charge is -2.31. The quantitative estimate of drug-likeness (QED) is 0.863. The Labute approximate surface area is 114 Å². The molecule has 0 aliphatic carbocycles. The lowest BCUT2D eigenvalue weighted by atomic mass is 10.0. The Morgan fingerprint density at radius 2 is 2.11 bits per heavy atom. The van der Waals surface area contributed by atoms with E-state index in [4.69, 9.17) is 0 Å². The van der Waals surface area contributed by atoms with Crippen LogP contribution in [0.5, 0.6) is 0 Å². The van der Waals surface area contributed by atoms with Gasteiger partial charge in [-0.15, -0.1) is 0 Å². The molecule has 0 spiro atoms. The van der Waals surface area contributed by atoms with Crippen molar-refractivity contribution in [1.29, 1.82) is 0 Å².